The van der Waals surface area contributed by atoms with Gasteiger partial charge in [-0.05, 0) is 0 Å². The van der Waals surface area contributed by atoms with Gasteiger partial charge in [-0.1, -0.05) is 0 Å². The molecule has 0 aromatic carbocycles. The van der Waals surface area contributed by atoms with Crippen LogP contribution in [0.1, 0.15) is 0 Å². The number of hydrogen-bond donors (Lipinski definition) is 0. The van der Waals surface area contributed by atoms with E-state index in [4.69, 9.17) is 0 Å². The molecule has 0 aromatic heterocycles. The van der Waals surface area contributed by atoms with Crippen molar-refractivity contribution in [3.05, 3.63) is 0 Å². The summed E-state index contributed by atoms with van der Waals surface area (Å²) < 4.78 is 177. The van der Waals surface area contributed by atoms with Crippen molar-refractivity contribution in [3.63, 3.8) is 0 Å². The number of rotatable bonds is 6. The molecule has 0 aliphatic heterocycles. The molecule has 0 fully saturated rings. The van der Waals surface area contributed by atoms with E-state index in [1.807, 2.05) is 0 Å². The SMILES string of the molecule is [Au+3].[Au+3].[O]=[Cr](=[O])([O-])[O][Cr](=[O])(=[O])[O-].[O]=[Cr](=[O])([O-])[O][Cr](=[O])(=[O])[O-].[O]=[Cr](=[O])([O-])[O][Cr](=[O])(=[O])[O-]. The molecule has 0 spiro atoms. The van der Waals surface area contributed by atoms with Crippen molar-refractivity contribution in [2.45, 2.75) is 0 Å². The second kappa shape index (κ2) is 14.9. The van der Waals surface area contributed by atoms with Gasteiger partial charge in [-0.25, -0.2) is 0 Å². The van der Waals surface area contributed by atoms with Gasteiger partial charge in [0.1, 0.15) is 0 Å². The molecule has 0 aliphatic carbocycles. The van der Waals surface area contributed by atoms with Gasteiger partial charge < -0.3 is 0 Å². The van der Waals surface area contributed by atoms with E-state index in [1.165, 1.54) is 0 Å². The summed E-state index contributed by atoms with van der Waals surface area (Å²) in [6.07, 6.45) is 0. The Labute approximate surface area is 203 Å². The van der Waals surface area contributed by atoms with Gasteiger partial charge in [0.2, 0.25) is 0 Å². The fraction of sp³-hybridized carbons (Fsp3) is 0. The minimum atomic E-state index is -6.07. The van der Waals surface area contributed by atoms with Gasteiger partial charge in [-0.3, -0.25) is 0 Å². The molecule has 0 N–H and O–H groups in total. The summed E-state index contributed by atoms with van der Waals surface area (Å²) in [6, 6.07) is 0. The molecule has 0 rings (SSSR count). The van der Waals surface area contributed by atoms with Crippen LogP contribution in [-0.2, 0) is 181 Å². The van der Waals surface area contributed by atoms with E-state index < -0.39 is 81.7 Å². The second-order valence-electron chi connectivity index (χ2n) is 2.65. The summed E-state index contributed by atoms with van der Waals surface area (Å²) in [5.41, 5.74) is 0. The molecular weight excluding hydrogens is 1040 g/mol. The molecule has 0 unspecified atom stereocenters. The fourth-order valence-electron chi connectivity index (χ4n) is 0.306. The summed E-state index contributed by atoms with van der Waals surface area (Å²) in [6.45, 7) is 0. The van der Waals surface area contributed by atoms with E-state index in [0.29, 0.717) is 0 Å². The third-order valence-electron chi connectivity index (χ3n) is 0.500. The summed E-state index contributed by atoms with van der Waals surface area (Å²) >= 11 is -36.4. The molecule has 0 bridgehead atoms. The van der Waals surface area contributed by atoms with E-state index in [-0.39, 0.29) is 44.8 Å². The van der Waals surface area contributed by atoms with Crippen LogP contribution < -0.4 is 24.9 Å². The van der Waals surface area contributed by atoms with Crippen molar-refractivity contribution in [1.82, 2.24) is 0 Å². The van der Waals surface area contributed by atoms with Crippen LogP contribution >= 0.6 is 0 Å². The average Bonchev–Trinajstić information content (AvgIpc) is 1.96. The fourth-order valence-corrected chi connectivity index (χ4v) is 5.21. The van der Waals surface area contributed by atoms with Gasteiger partial charge in [-0.2, -0.15) is 0 Å². The summed E-state index contributed by atoms with van der Waals surface area (Å²) in [4.78, 5) is 0. The van der Waals surface area contributed by atoms with E-state index in [9.17, 15) is 70.6 Å². The quantitative estimate of drug-likeness (QED) is 0.223. The van der Waals surface area contributed by atoms with Crippen LogP contribution in [0, 0.1) is 0 Å². The molecule has 21 nitrogen and oxygen atoms in total. The Morgan fingerprint density at radius 1 is 0.310 bits per heavy atom. The first kappa shape index (κ1) is 41.2. The first-order valence-corrected chi connectivity index (χ1v) is 16.5. The standard InChI is InChI=1S/2Au.6Cr.21O/q2*+3;;;;;;;;;;;;;;;;;;;;;;6*-1. The molecule has 0 heterocycles. The molecule has 29 heteroatoms. The van der Waals surface area contributed by atoms with Crippen molar-refractivity contribution in [2.75, 3.05) is 0 Å². The van der Waals surface area contributed by atoms with E-state index >= 15 is 0 Å². The predicted molar refractivity (Wildman–Crippen MR) is 11.5 cm³/mol. The maximum absolute atomic E-state index is 9.38. The first-order chi connectivity index (χ1) is 11.1. The van der Waals surface area contributed by atoms with Crippen molar-refractivity contribution >= 4 is 0 Å². The monoisotopic (exact) mass is 1040 g/mol. The Bertz CT molecular complexity index is 854. The van der Waals surface area contributed by atoms with Gasteiger partial charge >= 0.3 is 206 Å². The Morgan fingerprint density at radius 3 is 0.379 bits per heavy atom. The van der Waals surface area contributed by atoms with Crippen LogP contribution in [-0.4, -0.2) is 0 Å². The van der Waals surface area contributed by atoms with Crippen LogP contribution in [0.4, 0.5) is 0 Å². The first-order valence-electron chi connectivity index (χ1n) is 4.00. The van der Waals surface area contributed by atoms with Gasteiger partial charge in [0.25, 0.3) is 0 Å². The zero-order valence-corrected chi connectivity index (χ0v) is 23.6. The summed E-state index contributed by atoms with van der Waals surface area (Å²) in [5, 5.41) is 0. The molecular formula is Au2Cr6O21. The van der Waals surface area contributed by atoms with Crippen molar-refractivity contribution in [2.24, 2.45) is 0 Å². The van der Waals surface area contributed by atoms with E-state index in [0.717, 1.165) is 0 Å². The van der Waals surface area contributed by atoms with Crippen molar-refractivity contribution in [1.29, 1.82) is 0 Å². The molecule has 0 aliphatic rings. The third kappa shape index (κ3) is 58.8. The summed E-state index contributed by atoms with van der Waals surface area (Å²) in [5.74, 6) is 0. The topological polar surface area (TPSA) is 371 Å². The van der Waals surface area contributed by atoms with Crippen LogP contribution in [0.3, 0.4) is 0 Å². The maximum atomic E-state index is 9.38. The molecule has 0 saturated heterocycles. The second-order valence-corrected chi connectivity index (χ2v) is 13.6. The Balaban J connectivity index is -0.0000000960. The summed E-state index contributed by atoms with van der Waals surface area (Å²) in [7, 11) is 0. The average molecular weight is 1040 g/mol. The van der Waals surface area contributed by atoms with Crippen LogP contribution in [0.15, 0.2) is 0 Å². The zero-order valence-electron chi connectivity index (χ0n) is 11.6. The minimum absolute atomic E-state index is 0. The van der Waals surface area contributed by atoms with Gasteiger partial charge in [0, 0.05) is 0 Å². The molecule has 29 heavy (non-hydrogen) atoms. The molecule has 0 saturated carbocycles. The van der Waals surface area contributed by atoms with Crippen LogP contribution in [0.5, 0.6) is 0 Å². The van der Waals surface area contributed by atoms with Crippen LogP contribution in [0.2, 0.25) is 0 Å². The van der Waals surface area contributed by atoms with Gasteiger partial charge in [0.15, 0.2) is 0 Å². The van der Waals surface area contributed by atoms with Gasteiger partial charge in [0.05, 0.1) is 0 Å². The van der Waals surface area contributed by atoms with Crippen molar-refractivity contribution in [3.8, 4) is 0 Å². The third-order valence-corrected chi connectivity index (χ3v) is 8.50. The molecule has 0 aromatic rings. The normalized spacial score (nSPS) is 12.6. The Morgan fingerprint density at radius 2 is 0.379 bits per heavy atom. The van der Waals surface area contributed by atoms with Gasteiger partial charge in [-0.15, -0.1) is 0 Å². The molecule has 0 atom stereocenters. The van der Waals surface area contributed by atoms with Crippen molar-refractivity contribution < 1.29 is 206 Å². The molecule has 184 valence electrons. The molecule has 0 radical (unpaired) electrons. The Kier molecular flexibility index (Phi) is 21.2. The van der Waals surface area contributed by atoms with Crippen LogP contribution in [0.25, 0.3) is 0 Å². The zero-order chi connectivity index (χ0) is 23.1. The Hall–Kier alpha value is 1.92. The number of hydrogen-bond acceptors (Lipinski definition) is 21. The predicted octanol–water partition coefficient (Wildman–Crippen LogP) is -8.78. The molecule has 0 amide bonds. The van der Waals surface area contributed by atoms with E-state index in [1.54, 1.807) is 0 Å². The van der Waals surface area contributed by atoms with E-state index in [2.05, 4.69) is 8.52 Å².